The van der Waals surface area contributed by atoms with Crippen molar-refractivity contribution in [3.05, 3.63) is 46.9 Å². The van der Waals surface area contributed by atoms with Gasteiger partial charge in [-0.25, -0.2) is 0 Å². The van der Waals surface area contributed by atoms with Crippen molar-refractivity contribution in [3.63, 3.8) is 0 Å². The van der Waals surface area contributed by atoms with Crippen molar-refractivity contribution in [1.82, 2.24) is 0 Å². The number of nitrogens with two attached hydrogens (primary N) is 1. The lowest BCUT2D eigenvalue weighted by Gasteiger charge is -2.24. The van der Waals surface area contributed by atoms with Gasteiger partial charge >= 0.3 is 0 Å². The Bertz CT molecular complexity index is 799. The van der Waals surface area contributed by atoms with E-state index in [0.29, 0.717) is 4.91 Å². The van der Waals surface area contributed by atoms with Crippen LogP contribution in [0, 0.1) is 17.2 Å². The molecule has 158 valence electrons. The Morgan fingerprint density at radius 2 is 1.66 bits per heavy atom. The molecule has 0 aliphatic heterocycles. The van der Waals surface area contributed by atoms with E-state index in [-0.39, 0.29) is 0 Å². The molecule has 0 fully saturated rings. The van der Waals surface area contributed by atoms with Crippen LogP contribution in [0.15, 0.2) is 41.3 Å². The van der Waals surface area contributed by atoms with Crippen molar-refractivity contribution in [1.29, 1.82) is 5.26 Å². The highest BCUT2D eigenvalue weighted by atomic mass is 32.2. The largest absolute Gasteiger partial charge is 0.372 e. The van der Waals surface area contributed by atoms with Crippen LogP contribution < -0.4 is 10.0 Å². The summed E-state index contributed by atoms with van der Waals surface area (Å²) in [5.74, 6) is 0.898. The van der Waals surface area contributed by atoms with E-state index in [1.807, 2.05) is 12.1 Å². The van der Waals surface area contributed by atoms with Gasteiger partial charge < -0.3 is 4.90 Å². The number of fused-ring (bicyclic) bond motifs is 1. The van der Waals surface area contributed by atoms with Crippen LogP contribution >= 0.6 is 11.9 Å². The van der Waals surface area contributed by atoms with Crippen LogP contribution in [-0.2, 0) is 0 Å². The van der Waals surface area contributed by atoms with Crippen LogP contribution in [0.3, 0.4) is 0 Å². The fraction of sp³-hybridized carbons (Fsp3) is 0.480. The van der Waals surface area contributed by atoms with E-state index in [2.05, 4.69) is 75.9 Å². The first-order chi connectivity index (χ1) is 14.0. The van der Waals surface area contributed by atoms with Crippen molar-refractivity contribution < 1.29 is 0 Å². The first kappa shape index (κ1) is 25.1. The summed E-state index contributed by atoms with van der Waals surface area (Å²) in [6.45, 7) is 13.3. The fourth-order valence-electron chi connectivity index (χ4n) is 3.27. The van der Waals surface area contributed by atoms with Gasteiger partial charge in [0.1, 0.15) is 11.0 Å². The summed E-state index contributed by atoms with van der Waals surface area (Å²) in [4.78, 5) is 2.95. The van der Waals surface area contributed by atoms with Crippen LogP contribution in [0.1, 0.15) is 65.9 Å². The summed E-state index contributed by atoms with van der Waals surface area (Å²) >= 11 is 0.981. The van der Waals surface area contributed by atoms with E-state index in [1.54, 1.807) is 0 Å². The van der Waals surface area contributed by atoms with Crippen LogP contribution in [0.5, 0.6) is 0 Å². The number of nitrogens with zero attached hydrogens (tertiary/aromatic N) is 2. The van der Waals surface area contributed by atoms with Crippen LogP contribution in [0.2, 0.25) is 0 Å². The van der Waals surface area contributed by atoms with Gasteiger partial charge in [0.25, 0.3) is 0 Å². The average molecular weight is 412 g/mol. The van der Waals surface area contributed by atoms with Crippen molar-refractivity contribution in [2.75, 3.05) is 18.0 Å². The minimum Gasteiger partial charge on any atom is -0.372 e. The molecule has 2 rings (SSSR count). The van der Waals surface area contributed by atoms with E-state index in [4.69, 9.17) is 10.4 Å². The third-order valence-electron chi connectivity index (χ3n) is 4.60. The molecule has 0 bridgehead atoms. The highest BCUT2D eigenvalue weighted by Crippen LogP contribution is 2.25. The molecule has 0 aromatic heterocycles. The molecule has 0 aliphatic rings. The monoisotopic (exact) mass is 411 g/mol. The van der Waals surface area contributed by atoms with Crippen molar-refractivity contribution in [2.24, 2.45) is 11.1 Å². The molecule has 0 saturated carbocycles. The van der Waals surface area contributed by atoms with Gasteiger partial charge in [0.05, 0.1) is 0 Å². The van der Waals surface area contributed by atoms with Crippen molar-refractivity contribution in [2.45, 2.75) is 60.3 Å². The second-order valence-corrected chi connectivity index (χ2v) is 8.37. The number of rotatable bonds is 9. The van der Waals surface area contributed by atoms with Gasteiger partial charge in [0, 0.05) is 18.8 Å². The number of allylic oxidation sites excluding steroid dienone is 1. The Hall–Kier alpha value is -1.96. The number of anilines is 1. The van der Waals surface area contributed by atoms with Crippen LogP contribution in [-0.4, -0.2) is 13.1 Å². The van der Waals surface area contributed by atoms with E-state index in [9.17, 15) is 0 Å². The SMILES string of the molecule is CCCC(C)C.CCCN(CCC)c1ccc2cc(/C=C(\C#N)SN)ccc2c1. The molecule has 2 aromatic carbocycles. The first-order valence-electron chi connectivity index (χ1n) is 10.8. The van der Waals surface area contributed by atoms with Gasteiger partial charge in [-0.3, -0.25) is 5.14 Å². The standard InChI is InChI=1S/C19H23N3S.C6H14/c1-3-9-22(10-4-2)18-8-7-16-11-15(5-6-17(16)13-18)12-19(14-20)23-21;1-4-5-6(2)3/h5-8,11-13H,3-4,9-10,21H2,1-2H3;6H,4-5H2,1-3H3/b19-12+;. The number of benzene rings is 2. The summed E-state index contributed by atoms with van der Waals surface area (Å²) in [6.07, 6.45) is 6.82. The Morgan fingerprint density at radius 3 is 2.14 bits per heavy atom. The molecule has 2 N–H and O–H groups in total. The molecule has 0 spiro atoms. The van der Waals surface area contributed by atoms with Gasteiger partial charge in [-0.2, -0.15) is 5.26 Å². The minimum absolute atomic E-state index is 0.512. The van der Waals surface area contributed by atoms with E-state index >= 15 is 0 Å². The molecule has 2 aromatic rings. The molecule has 0 atom stereocenters. The maximum Gasteiger partial charge on any atom is 0.107 e. The zero-order chi connectivity index (χ0) is 21.6. The van der Waals surface area contributed by atoms with Gasteiger partial charge in [-0.05, 0) is 71.3 Å². The summed E-state index contributed by atoms with van der Waals surface area (Å²) in [5.41, 5.74) is 2.28. The number of hydrogen-bond acceptors (Lipinski definition) is 4. The first-order valence-corrected chi connectivity index (χ1v) is 11.6. The predicted octanol–water partition coefficient (Wildman–Crippen LogP) is 7.38. The van der Waals surface area contributed by atoms with Gasteiger partial charge in [-0.15, -0.1) is 0 Å². The molecule has 0 amide bonds. The topological polar surface area (TPSA) is 53.0 Å². The number of nitriles is 1. The van der Waals surface area contributed by atoms with E-state index in [1.165, 1.54) is 29.3 Å². The smallest absolute Gasteiger partial charge is 0.107 e. The third-order valence-corrected chi connectivity index (χ3v) is 5.06. The molecular formula is C25H37N3S. The van der Waals surface area contributed by atoms with Gasteiger partial charge in [0.2, 0.25) is 0 Å². The summed E-state index contributed by atoms with van der Waals surface area (Å²) in [6, 6.07) is 14.9. The van der Waals surface area contributed by atoms with Gasteiger partial charge in [0.15, 0.2) is 0 Å². The molecule has 0 saturated heterocycles. The highest BCUT2D eigenvalue weighted by molar-refractivity contribution is 8.01. The Labute approximate surface area is 182 Å². The molecule has 0 unspecified atom stereocenters. The lowest BCUT2D eigenvalue weighted by Crippen LogP contribution is -2.24. The maximum atomic E-state index is 8.97. The zero-order valence-electron chi connectivity index (χ0n) is 18.7. The number of hydrogen-bond donors (Lipinski definition) is 1. The van der Waals surface area contributed by atoms with Crippen LogP contribution in [0.25, 0.3) is 16.8 Å². The molecule has 3 nitrogen and oxygen atoms in total. The molecule has 0 aliphatic carbocycles. The Morgan fingerprint density at radius 1 is 1.03 bits per heavy atom. The average Bonchev–Trinajstić information content (AvgIpc) is 2.71. The molecular weight excluding hydrogens is 374 g/mol. The van der Waals surface area contributed by atoms with Crippen molar-refractivity contribution in [3.8, 4) is 6.07 Å². The molecule has 0 heterocycles. The van der Waals surface area contributed by atoms with E-state index < -0.39 is 0 Å². The molecule has 4 heteroatoms. The maximum absolute atomic E-state index is 8.97. The minimum atomic E-state index is 0.512. The van der Waals surface area contributed by atoms with Crippen molar-refractivity contribution >= 4 is 34.5 Å². The summed E-state index contributed by atoms with van der Waals surface area (Å²) in [7, 11) is 0. The normalized spacial score (nSPS) is 11.2. The van der Waals surface area contributed by atoms with Crippen LogP contribution in [0.4, 0.5) is 5.69 Å². The molecule has 0 radical (unpaired) electrons. The van der Waals surface area contributed by atoms with E-state index in [0.717, 1.165) is 49.4 Å². The quantitative estimate of drug-likeness (QED) is 0.345. The second-order valence-electron chi connectivity index (χ2n) is 7.70. The van der Waals surface area contributed by atoms with Gasteiger partial charge in [-0.1, -0.05) is 65.7 Å². The fourth-order valence-corrected chi connectivity index (χ4v) is 3.53. The highest BCUT2D eigenvalue weighted by Gasteiger charge is 2.06. The molecule has 29 heavy (non-hydrogen) atoms. The third kappa shape index (κ3) is 8.94. The lowest BCUT2D eigenvalue weighted by atomic mass is 10.1. The second kappa shape index (κ2) is 14.1. The Balaban J connectivity index is 0.000000612. The predicted molar refractivity (Wildman–Crippen MR) is 132 cm³/mol. The lowest BCUT2D eigenvalue weighted by molar-refractivity contribution is 0.576. The Kier molecular flexibility index (Phi) is 12.2. The zero-order valence-corrected chi connectivity index (χ0v) is 19.6. The summed E-state index contributed by atoms with van der Waals surface area (Å²) in [5, 5.41) is 16.8. The summed E-state index contributed by atoms with van der Waals surface area (Å²) < 4.78 is 0.